The number of aryl methyl sites for hydroxylation is 1. The van der Waals surface area contributed by atoms with Gasteiger partial charge in [-0.2, -0.15) is 4.31 Å². The Balaban J connectivity index is 2.26. The first-order valence-corrected chi connectivity index (χ1v) is 7.64. The summed E-state index contributed by atoms with van der Waals surface area (Å²) in [5.74, 6) is -1.32. The Labute approximate surface area is 117 Å². The first-order chi connectivity index (χ1) is 9.36. The second kappa shape index (κ2) is 5.49. The predicted molar refractivity (Wildman–Crippen MR) is 70.0 cm³/mol. The maximum atomic E-state index is 13.1. The first-order valence-electron chi connectivity index (χ1n) is 6.20. The number of hydrogen-bond donors (Lipinski definition) is 0. The van der Waals surface area contributed by atoms with Crippen LogP contribution in [-0.4, -0.2) is 38.9 Å². The molecular formula is C13H16FNO4S. The maximum Gasteiger partial charge on any atom is 0.310 e. The minimum absolute atomic E-state index is 0.0735. The second-order valence-electron chi connectivity index (χ2n) is 4.78. The average Bonchev–Trinajstić information content (AvgIpc) is 2.87. The molecule has 0 bridgehead atoms. The molecule has 0 radical (unpaired) electrons. The monoisotopic (exact) mass is 301 g/mol. The quantitative estimate of drug-likeness (QED) is 0.790. The molecule has 1 heterocycles. The molecular weight excluding hydrogens is 285 g/mol. The SMILES string of the molecule is COC(=O)C1CCN(S(=O)(=O)c2ccc(F)cc2C)C1. The minimum atomic E-state index is -3.70. The number of halogens is 1. The van der Waals surface area contributed by atoms with E-state index in [1.54, 1.807) is 6.92 Å². The predicted octanol–water partition coefficient (Wildman–Crippen LogP) is 1.32. The number of hydrogen-bond acceptors (Lipinski definition) is 4. The van der Waals surface area contributed by atoms with Gasteiger partial charge >= 0.3 is 5.97 Å². The number of carbonyl (C=O) groups excluding carboxylic acids is 1. The van der Waals surface area contributed by atoms with E-state index in [1.807, 2.05) is 0 Å². The Bertz CT molecular complexity index is 629. The van der Waals surface area contributed by atoms with E-state index in [1.165, 1.54) is 23.5 Å². The fourth-order valence-corrected chi connectivity index (χ4v) is 4.05. The zero-order valence-corrected chi connectivity index (χ0v) is 12.1. The first kappa shape index (κ1) is 14.9. The van der Waals surface area contributed by atoms with E-state index < -0.39 is 27.7 Å². The molecule has 110 valence electrons. The van der Waals surface area contributed by atoms with Crippen LogP contribution < -0.4 is 0 Å². The molecule has 1 saturated heterocycles. The third kappa shape index (κ3) is 2.69. The van der Waals surface area contributed by atoms with Crippen molar-refractivity contribution in [3.63, 3.8) is 0 Å². The van der Waals surface area contributed by atoms with Crippen LogP contribution in [0.2, 0.25) is 0 Å². The fourth-order valence-electron chi connectivity index (χ4n) is 2.35. The lowest BCUT2D eigenvalue weighted by molar-refractivity contribution is -0.144. The van der Waals surface area contributed by atoms with E-state index in [0.29, 0.717) is 12.0 Å². The average molecular weight is 301 g/mol. The van der Waals surface area contributed by atoms with Crippen LogP contribution in [-0.2, 0) is 19.6 Å². The molecule has 5 nitrogen and oxygen atoms in total. The van der Waals surface area contributed by atoms with Crippen LogP contribution in [0.4, 0.5) is 4.39 Å². The van der Waals surface area contributed by atoms with Crippen LogP contribution in [0.15, 0.2) is 23.1 Å². The molecule has 1 atom stereocenters. The van der Waals surface area contributed by atoms with Gasteiger partial charge in [0.05, 0.1) is 17.9 Å². The van der Waals surface area contributed by atoms with E-state index >= 15 is 0 Å². The number of benzene rings is 1. The Kier molecular flexibility index (Phi) is 4.10. The Hall–Kier alpha value is -1.47. The van der Waals surface area contributed by atoms with Crippen LogP contribution in [0, 0.1) is 18.7 Å². The van der Waals surface area contributed by atoms with Crippen LogP contribution in [0.1, 0.15) is 12.0 Å². The van der Waals surface area contributed by atoms with Gasteiger partial charge in [-0.05, 0) is 37.1 Å². The van der Waals surface area contributed by atoms with Crippen LogP contribution in [0.25, 0.3) is 0 Å². The minimum Gasteiger partial charge on any atom is -0.469 e. The lowest BCUT2D eigenvalue weighted by atomic mass is 10.1. The fraction of sp³-hybridized carbons (Fsp3) is 0.462. The Morgan fingerprint density at radius 2 is 2.15 bits per heavy atom. The van der Waals surface area contributed by atoms with Gasteiger partial charge in [-0.15, -0.1) is 0 Å². The molecule has 7 heteroatoms. The zero-order valence-electron chi connectivity index (χ0n) is 11.3. The standard InChI is InChI=1S/C13H16FNO4S/c1-9-7-11(14)3-4-12(9)20(17,18)15-6-5-10(8-15)13(16)19-2/h3-4,7,10H,5-6,8H2,1-2H3. The molecule has 1 aromatic carbocycles. The van der Waals surface area contributed by atoms with Crippen molar-refractivity contribution in [2.75, 3.05) is 20.2 Å². The molecule has 0 aliphatic carbocycles. The summed E-state index contributed by atoms with van der Waals surface area (Å²) in [6, 6.07) is 3.56. The van der Waals surface area contributed by atoms with Crippen LogP contribution in [0.3, 0.4) is 0 Å². The molecule has 20 heavy (non-hydrogen) atoms. The van der Waals surface area contributed by atoms with Crippen molar-refractivity contribution < 1.29 is 22.3 Å². The van der Waals surface area contributed by atoms with Crippen molar-refractivity contribution in [2.24, 2.45) is 5.92 Å². The van der Waals surface area contributed by atoms with E-state index in [9.17, 15) is 17.6 Å². The number of methoxy groups -OCH3 is 1. The summed E-state index contributed by atoms with van der Waals surface area (Å²) in [6.07, 6.45) is 0.437. The van der Waals surface area contributed by atoms with Gasteiger partial charge in [0.2, 0.25) is 10.0 Å². The smallest absolute Gasteiger partial charge is 0.310 e. The molecule has 0 aromatic heterocycles. The third-order valence-corrected chi connectivity index (χ3v) is 5.47. The summed E-state index contributed by atoms with van der Waals surface area (Å²) in [4.78, 5) is 11.5. The highest BCUT2D eigenvalue weighted by molar-refractivity contribution is 7.89. The number of ether oxygens (including phenoxy) is 1. The van der Waals surface area contributed by atoms with Crippen molar-refractivity contribution in [1.29, 1.82) is 0 Å². The van der Waals surface area contributed by atoms with Crippen molar-refractivity contribution in [2.45, 2.75) is 18.2 Å². The molecule has 1 fully saturated rings. The third-order valence-electron chi connectivity index (χ3n) is 3.44. The van der Waals surface area contributed by atoms with Gasteiger partial charge in [-0.1, -0.05) is 0 Å². The highest BCUT2D eigenvalue weighted by atomic mass is 32.2. The Morgan fingerprint density at radius 1 is 1.45 bits per heavy atom. The molecule has 0 amide bonds. The van der Waals surface area contributed by atoms with Gasteiger partial charge in [-0.25, -0.2) is 12.8 Å². The highest BCUT2D eigenvalue weighted by Crippen LogP contribution is 2.27. The lowest BCUT2D eigenvalue weighted by Crippen LogP contribution is -2.30. The van der Waals surface area contributed by atoms with Crippen molar-refractivity contribution >= 4 is 16.0 Å². The van der Waals surface area contributed by atoms with Gasteiger partial charge in [0.25, 0.3) is 0 Å². The molecule has 1 aliphatic rings. The molecule has 1 aliphatic heterocycles. The van der Waals surface area contributed by atoms with Crippen LogP contribution in [0.5, 0.6) is 0 Å². The van der Waals surface area contributed by atoms with Crippen molar-refractivity contribution in [3.05, 3.63) is 29.6 Å². The lowest BCUT2D eigenvalue weighted by Gasteiger charge is -2.17. The maximum absolute atomic E-state index is 13.1. The Morgan fingerprint density at radius 3 is 2.75 bits per heavy atom. The topological polar surface area (TPSA) is 63.7 Å². The van der Waals surface area contributed by atoms with Crippen molar-refractivity contribution in [3.8, 4) is 0 Å². The molecule has 1 aromatic rings. The molecule has 0 saturated carbocycles. The van der Waals surface area contributed by atoms with Gasteiger partial charge in [0.1, 0.15) is 5.82 Å². The summed E-state index contributed by atoms with van der Waals surface area (Å²) in [5.41, 5.74) is 0.353. The van der Waals surface area contributed by atoms with E-state index in [4.69, 9.17) is 0 Å². The van der Waals surface area contributed by atoms with E-state index in [0.717, 1.165) is 6.07 Å². The summed E-state index contributed by atoms with van der Waals surface area (Å²) < 4.78 is 43.9. The largest absolute Gasteiger partial charge is 0.469 e. The summed E-state index contributed by atoms with van der Waals surface area (Å²) in [7, 11) is -2.42. The van der Waals surface area contributed by atoms with Gasteiger partial charge in [0.15, 0.2) is 0 Å². The van der Waals surface area contributed by atoms with E-state index in [2.05, 4.69) is 4.74 Å². The summed E-state index contributed by atoms with van der Waals surface area (Å²) in [5, 5.41) is 0. The molecule has 0 N–H and O–H groups in total. The number of carbonyl (C=O) groups is 1. The summed E-state index contributed by atoms with van der Waals surface area (Å²) in [6.45, 7) is 1.91. The highest BCUT2D eigenvalue weighted by Gasteiger charge is 2.36. The van der Waals surface area contributed by atoms with Gasteiger partial charge in [0, 0.05) is 13.1 Å². The second-order valence-corrected chi connectivity index (χ2v) is 6.69. The normalized spacial score (nSPS) is 20.1. The molecule has 2 rings (SSSR count). The van der Waals surface area contributed by atoms with E-state index in [-0.39, 0.29) is 18.0 Å². The molecule has 1 unspecified atom stereocenters. The molecule has 0 spiro atoms. The van der Waals surface area contributed by atoms with Gasteiger partial charge in [-0.3, -0.25) is 4.79 Å². The van der Waals surface area contributed by atoms with Crippen LogP contribution >= 0.6 is 0 Å². The van der Waals surface area contributed by atoms with Gasteiger partial charge < -0.3 is 4.74 Å². The number of rotatable bonds is 3. The van der Waals surface area contributed by atoms with Crippen molar-refractivity contribution in [1.82, 2.24) is 4.31 Å². The zero-order chi connectivity index (χ0) is 14.9. The summed E-state index contributed by atoms with van der Waals surface area (Å²) >= 11 is 0. The number of esters is 1. The number of sulfonamides is 1. The number of nitrogens with zero attached hydrogens (tertiary/aromatic N) is 1.